The topological polar surface area (TPSA) is 20.3 Å². The predicted octanol–water partition coefficient (Wildman–Crippen LogP) is 4.18. The first kappa shape index (κ1) is 14.2. The standard InChI is InChI=1S/C16H19Cl2NO/c17-14-5-3-12(15(18)9-14)4-6-16(20)19-8-7-13(10-19)11-1-2-11/h3,5,9,11,13H,1-2,4,6-8,10H2. The number of carbonyl (C=O) groups is 1. The Morgan fingerprint density at radius 1 is 1.20 bits per heavy atom. The third kappa shape index (κ3) is 3.29. The molecule has 4 heteroatoms. The van der Waals surface area contributed by atoms with Crippen LogP contribution >= 0.6 is 23.2 Å². The van der Waals surface area contributed by atoms with Crippen LogP contribution in [0.25, 0.3) is 0 Å². The van der Waals surface area contributed by atoms with Gasteiger partial charge in [-0.05, 0) is 55.2 Å². The van der Waals surface area contributed by atoms with Crippen molar-refractivity contribution in [1.29, 1.82) is 0 Å². The molecule has 0 bridgehead atoms. The minimum absolute atomic E-state index is 0.263. The Morgan fingerprint density at radius 2 is 2.00 bits per heavy atom. The van der Waals surface area contributed by atoms with E-state index in [0.29, 0.717) is 22.9 Å². The Morgan fingerprint density at radius 3 is 2.70 bits per heavy atom. The molecule has 20 heavy (non-hydrogen) atoms. The van der Waals surface area contributed by atoms with Gasteiger partial charge < -0.3 is 4.90 Å². The van der Waals surface area contributed by atoms with E-state index in [1.54, 1.807) is 6.07 Å². The first-order valence-corrected chi connectivity index (χ1v) is 8.11. The summed E-state index contributed by atoms with van der Waals surface area (Å²) in [6, 6.07) is 5.48. The molecule has 1 saturated carbocycles. The van der Waals surface area contributed by atoms with E-state index in [2.05, 4.69) is 0 Å². The van der Waals surface area contributed by atoms with Crippen molar-refractivity contribution in [3.8, 4) is 0 Å². The third-order valence-corrected chi connectivity index (χ3v) is 5.08. The largest absolute Gasteiger partial charge is 0.342 e. The van der Waals surface area contributed by atoms with Gasteiger partial charge in [-0.15, -0.1) is 0 Å². The highest BCUT2D eigenvalue weighted by molar-refractivity contribution is 6.35. The normalized spacial score (nSPS) is 22.3. The minimum atomic E-state index is 0.263. The molecule has 1 atom stereocenters. The number of carbonyl (C=O) groups excluding carboxylic acids is 1. The van der Waals surface area contributed by atoms with E-state index in [9.17, 15) is 4.79 Å². The molecule has 108 valence electrons. The molecule has 0 N–H and O–H groups in total. The van der Waals surface area contributed by atoms with Crippen LogP contribution in [-0.2, 0) is 11.2 Å². The van der Waals surface area contributed by atoms with Crippen LogP contribution < -0.4 is 0 Å². The predicted molar refractivity (Wildman–Crippen MR) is 82.2 cm³/mol. The molecule has 2 aliphatic rings. The van der Waals surface area contributed by atoms with E-state index in [1.807, 2.05) is 17.0 Å². The van der Waals surface area contributed by atoms with Crippen LogP contribution in [0.15, 0.2) is 18.2 Å². The van der Waals surface area contributed by atoms with Gasteiger partial charge in [0.25, 0.3) is 0 Å². The maximum atomic E-state index is 12.2. The summed E-state index contributed by atoms with van der Waals surface area (Å²) >= 11 is 12.0. The Labute approximate surface area is 130 Å². The summed E-state index contributed by atoms with van der Waals surface area (Å²) in [5.41, 5.74) is 1.00. The molecule has 1 unspecified atom stereocenters. The average molecular weight is 312 g/mol. The lowest BCUT2D eigenvalue weighted by molar-refractivity contribution is -0.130. The van der Waals surface area contributed by atoms with E-state index in [-0.39, 0.29) is 5.91 Å². The molecule has 1 heterocycles. The smallest absolute Gasteiger partial charge is 0.222 e. The van der Waals surface area contributed by atoms with Gasteiger partial charge in [0.1, 0.15) is 0 Å². The summed E-state index contributed by atoms with van der Waals surface area (Å²) in [4.78, 5) is 14.3. The van der Waals surface area contributed by atoms with Crippen molar-refractivity contribution in [3.05, 3.63) is 33.8 Å². The zero-order valence-corrected chi connectivity index (χ0v) is 13.0. The average Bonchev–Trinajstić information content (AvgIpc) is 3.15. The quantitative estimate of drug-likeness (QED) is 0.816. The molecule has 1 aliphatic carbocycles. The van der Waals surface area contributed by atoms with Crippen molar-refractivity contribution < 1.29 is 4.79 Å². The number of halogens is 2. The Balaban J connectivity index is 1.51. The van der Waals surface area contributed by atoms with Crippen LogP contribution in [0.5, 0.6) is 0 Å². The summed E-state index contributed by atoms with van der Waals surface area (Å²) in [6.45, 7) is 1.91. The summed E-state index contributed by atoms with van der Waals surface area (Å²) < 4.78 is 0. The van der Waals surface area contributed by atoms with Gasteiger partial charge in [0.2, 0.25) is 5.91 Å². The highest BCUT2D eigenvalue weighted by atomic mass is 35.5. The number of aryl methyl sites for hydroxylation is 1. The van der Waals surface area contributed by atoms with Crippen molar-refractivity contribution in [2.45, 2.75) is 32.1 Å². The summed E-state index contributed by atoms with van der Waals surface area (Å²) in [5.74, 6) is 1.93. The molecule has 0 radical (unpaired) electrons. The molecule has 0 aromatic heterocycles. The van der Waals surface area contributed by atoms with Gasteiger partial charge in [-0.25, -0.2) is 0 Å². The van der Waals surface area contributed by atoms with Gasteiger partial charge in [0.05, 0.1) is 0 Å². The van der Waals surface area contributed by atoms with Crippen molar-refractivity contribution >= 4 is 29.1 Å². The van der Waals surface area contributed by atoms with Gasteiger partial charge in [0, 0.05) is 29.6 Å². The minimum Gasteiger partial charge on any atom is -0.342 e. The van der Waals surface area contributed by atoms with Crippen LogP contribution in [0.3, 0.4) is 0 Å². The number of nitrogens with zero attached hydrogens (tertiary/aromatic N) is 1. The lowest BCUT2D eigenvalue weighted by atomic mass is 10.0. The van der Waals surface area contributed by atoms with Crippen LogP contribution in [0, 0.1) is 11.8 Å². The van der Waals surface area contributed by atoms with E-state index in [0.717, 1.165) is 30.5 Å². The molecule has 1 aromatic carbocycles. The van der Waals surface area contributed by atoms with Crippen molar-refractivity contribution in [3.63, 3.8) is 0 Å². The van der Waals surface area contributed by atoms with Crippen LogP contribution in [0.2, 0.25) is 10.0 Å². The number of amides is 1. The molecule has 1 amide bonds. The van der Waals surface area contributed by atoms with Gasteiger partial charge >= 0.3 is 0 Å². The summed E-state index contributed by atoms with van der Waals surface area (Å²) in [5, 5.41) is 1.29. The second-order valence-corrected chi connectivity index (χ2v) is 6.81. The zero-order valence-electron chi connectivity index (χ0n) is 11.4. The number of hydrogen-bond acceptors (Lipinski definition) is 1. The van der Waals surface area contributed by atoms with E-state index in [1.165, 1.54) is 19.3 Å². The maximum absolute atomic E-state index is 12.2. The fourth-order valence-electron chi connectivity index (χ4n) is 3.09. The van der Waals surface area contributed by atoms with Crippen LogP contribution in [-0.4, -0.2) is 23.9 Å². The first-order chi connectivity index (χ1) is 9.63. The van der Waals surface area contributed by atoms with Crippen molar-refractivity contribution in [2.24, 2.45) is 11.8 Å². The highest BCUT2D eigenvalue weighted by Crippen LogP contribution is 2.41. The lowest BCUT2D eigenvalue weighted by Gasteiger charge is -2.16. The van der Waals surface area contributed by atoms with Crippen LogP contribution in [0.4, 0.5) is 0 Å². The summed E-state index contributed by atoms with van der Waals surface area (Å²) in [7, 11) is 0. The fourth-order valence-corrected chi connectivity index (χ4v) is 3.59. The van der Waals surface area contributed by atoms with E-state index < -0.39 is 0 Å². The first-order valence-electron chi connectivity index (χ1n) is 7.35. The van der Waals surface area contributed by atoms with E-state index in [4.69, 9.17) is 23.2 Å². The molecule has 1 saturated heterocycles. The third-order valence-electron chi connectivity index (χ3n) is 4.49. The zero-order chi connectivity index (χ0) is 14.1. The van der Waals surface area contributed by atoms with Gasteiger partial charge in [-0.1, -0.05) is 29.3 Å². The Kier molecular flexibility index (Phi) is 4.23. The monoisotopic (exact) mass is 311 g/mol. The van der Waals surface area contributed by atoms with Gasteiger partial charge in [-0.2, -0.15) is 0 Å². The number of likely N-dealkylation sites (tertiary alicyclic amines) is 1. The molecule has 2 fully saturated rings. The Hall–Kier alpha value is -0.730. The molecule has 3 rings (SSSR count). The lowest BCUT2D eigenvalue weighted by Crippen LogP contribution is -2.29. The number of benzene rings is 1. The molecule has 0 spiro atoms. The van der Waals surface area contributed by atoms with Crippen LogP contribution in [0.1, 0.15) is 31.2 Å². The molecule has 1 aromatic rings. The van der Waals surface area contributed by atoms with Crippen molar-refractivity contribution in [2.75, 3.05) is 13.1 Å². The maximum Gasteiger partial charge on any atom is 0.222 e. The van der Waals surface area contributed by atoms with E-state index >= 15 is 0 Å². The SMILES string of the molecule is O=C(CCc1ccc(Cl)cc1Cl)N1CCC(C2CC2)C1. The molecule has 2 nitrogen and oxygen atoms in total. The Bertz CT molecular complexity index is 513. The summed E-state index contributed by atoms with van der Waals surface area (Å²) in [6.07, 6.45) is 5.16. The van der Waals surface area contributed by atoms with Crippen molar-refractivity contribution in [1.82, 2.24) is 4.90 Å². The highest BCUT2D eigenvalue weighted by Gasteiger charge is 2.36. The molecular formula is C16H19Cl2NO. The second kappa shape index (κ2) is 5.95. The number of hydrogen-bond donors (Lipinski definition) is 0. The molecular weight excluding hydrogens is 293 g/mol. The fraction of sp³-hybridized carbons (Fsp3) is 0.562. The second-order valence-electron chi connectivity index (χ2n) is 5.96. The van der Waals surface area contributed by atoms with Gasteiger partial charge in [-0.3, -0.25) is 4.79 Å². The number of rotatable bonds is 4. The molecule has 1 aliphatic heterocycles. The van der Waals surface area contributed by atoms with Gasteiger partial charge in [0.15, 0.2) is 0 Å².